The summed E-state index contributed by atoms with van der Waals surface area (Å²) in [5, 5.41) is 12.2. The van der Waals surface area contributed by atoms with Crippen LogP contribution in [-0.2, 0) is 26.6 Å². The lowest BCUT2D eigenvalue weighted by molar-refractivity contribution is 0.541. The maximum atomic E-state index is 4.48. The van der Waals surface area contributed by atoms with Crippen molar-refractivity contribution >= 4 is 15.9 Å². The summed E-state index contributed by atoms with van der Waals surface area (Å²) in [6.45, 7) is 6.74. The van der Waals surface area contributed by atoms with E-state index in [0.717, 1.165) is 36.2 Å². The minimum absolute atomic E-state index is 0.810. The number of nitrogens with zero attached hydrogens (tertiary/aromatic N) is 4. The van der Waals surface area contributed by atoms with Crippen LogP contribution >= 0.6 is 15.9 Å². The number of hydrogen-bond donors (Lipinski definition) is 1. The summed E-state index contributed by atoms with van der Waals surface area (Å²) in [5.41, 5.74) is 3.50. The first-order chi connectivity index (χ1) is 9.11. The van der Waals surface area contributed by atoms with Crippen LogP contribution < -0.4 is 5.32 Å². The predicted molar refractivity (Wildman–Crippen MR) is 79.0 cm³/mol. The molecule has 2 aromatic heterocycles. The van der Waals surface area contributed by atoms with Gasteiger partial charge in [-0.15, -0.1) is 0 Å². The maximum absolute atomic E-state index is 4.48. The number of rotatable bonds is 6. The summed E-state index contributed by atoms with van der Waals surface area (Å²) >= 11 is 3.62. The lowest BCUT2D eigenvalue weighted by atomic mass is 10.3. The van der Waals surface area contributed by atoms with Crippen molar-refractivity contribution in [2.75, 3.05) is 6.54 Å². The summed E-state index contributed by atoms with van der Waals surface area (Å²) in [7, 11) is 1.98. The fourth-order valence-corrected chi connectivity index (χ4v) is 2.76. The van der Waals surface area contributed by atoms with Crippen molar-refractivity contribution in [1.82, 2.24) is 24.9 Å². The summed E-state index contributed by atoms with van der Waals surface area (Å²) in [5.74, 6) is 0. The molecule has 1 N–H and O–H groups in total. The van der Waals surface area contributed by atoms with E-state index < -0.39 is 0 Å². The van der Waals surface area contributed by atoms with Gasteiger partial charge in [-0.3, -0.25) is 9.36 Å². The van der Waals surface area contributed by atoms with Crippen LogP contribution in [0.15, 0.2) is 16.9 Å². The minimum atomic E-state index is 0.810. The van der Waals surface area contributed by atoms with Crippen molar-refractivity contribution in [3.8, 4) is 0 Å². The van der Waals surface area contributed by atoms with Crippen molar-refractivity contribution in [3.05, 3.63) is 33.8 Å². The van der Waals surface area contributed by atoms with Gasteiger partial charge in [-0.25, -0.2) is 0 Å². The third-order valence-corrected chi connectivity index (χ3v) is 3.99. The summed E-state index contributed by atoms with van der Waals surface area (Å²) < 4.78 is 5.02. The molecule has 2 heterocycles. The summed E-state index contributed by atoms with van der Waals surface area (Å²) in [6, 6.07) is 0. The van der Waals surface area contributed by atoms with Gasteiger partial charge in [0.15, 0.2) is 0 Å². The lowest BCUT2D eigenvalue weighted by Crippen LogP contribution is -2.21. The van der Waals surface area contributed by atoms with E-state index >= 15 is 0 Å². The molecule has 5 nitrogen and oxygen atoms in total. The third-order valence-electron chi connectivity index (χ3n) is 3.08. The number of aryl methyl sites for hydroxylation is 3. The summed E-state index contributed by atoms with van der Waals surface area (Å²) in [6.07, 6.45) is 4.88. The average Bonchev–Trinajstić information content (AvgIpc) is 2.91. The van der Waals surface area contributed by atoms with E-state index in [1.807, 2.05) is 22.6 Å². The molecule has 0 aromatic carbocycles. The fraction of sp³-hybridized carbons (Fsp3) is 0.538. The molecule has 0 unspecified atom stereocenters. The fourth-order valence-electron chi connectivity index (χ4n) is 2.00. The van der Waals surface area contributed by atoms with Gasteiger partial charge in [0, 0.05) is 26.3 Å². The standard InChI is InChI=1S/C13H20BrN5/c1-4-11-13(14)12(18(3)17-11)8-15-5-6-19-9-10(2)7-16-19/h7,9,15H,4-6,8H2,1-3H3. The molecule has 0 aliphatic rings. The Morgan fingerprint density at radius 3 is 2.79 bits per heavy atom. The van der Waals surface area contributed by atoms with Crippen LogP contribution in [0.5, 0.6) is 0 Å². The molecule has 0 saturated heterocycles. The average molecular weight is 326 g/mol. The zero-order chi connectivity index (χ0) is 13.8. The van der Waals surface area contributed by atoms with Gasteiger partial charge in [0.25, 0.3) is 0 Å². The molecule has 0 atom stereocenters. The highest BCUT2D eigenvalue weighted by Crippen LogP contribution is 2.21. The number of hydrogen-bond acceptors (Lipinski definition) is 3. The van der Waals surface area contributed by atoms with Crippen molar-refractivity contribution in [2.24, 2.45) is 7.05 Å². The Balaban J connectivity index is 1.84. The van der Waals surface area contributed by atoms with Gasteiger partial charge in [-0.1, -0.05) is 6.92 Å². The van der Waals surface area contributed by atoms with Gasteiger partial charge >= 0.3 is 0 Å². The number of aromatic nitrogens is 4. The Hall–Kier alpha value is -1.14. The van der Waals surface area contributed by atoms with Gasteiger partial charge in [0.05, 0.1) is 28.6 Å². The van der Waals surface area contributed by atoms with Crippen LogP contribution in [0.25, 0.3) is 0 Å². The zero-order valence-electron chi connectivity index (χ0n) is 11.6. The van der Waals surface area contributed by atoms with Crippen molar-refractivity contribution < 1.29 is 0 Å². The lowest BCUT2D eigenvalue weighted by Gasteiger charge is -2.06. The van der Waals surface area contributed by atoms with Crippen LogP contribution in [0.2, 0.25) is 0 Å². The van der Waals surface area contributed by atoms with E-state index in [0.29, 0.717) is 0 Å². The van der Waals surface area contributed by atoms with Gasteiger partial charge in [-0.05, 0) is 34.8 Å². The monoisotopic (exact) mass is 325 g/mol. The molecule has 2 aromatic rings. The topological polar surface area (TPSA) is 47.7 Å². The molecule has 2 rings (SSSR count). The smallest absolute Gasteiger partial charge is 0.0767 e. The van der Waals surface area contributed by atoms with E-state index in [1.54, 1.807) is 0 Å². The molecule has 0 saturated carbocycles. The van der Waals surface area contributed by atoms with Crippen LogP contribution in [0.4, 0.5) is 0 Å². The Kier molecular flexibility index (Phi) is 4.76. The quantitative estimate of drug-likeness (QED) is 0.827. The van der Waals surface area contributed by atoms with Gasteiger partial charge in [0.1, 0.15) is 0 Å². The second-order valence-corrected chi connectivity index (χ2v) is 5.44. The Bertz CT molecular complexity index is 543. The molecule has 0 radical (unpaired) electrons. The number of nitrogens with one attached hydrogen (secondary N) is 1. The molecule has 104 valence electrons. The van der Waals surface area contributed by atoms with Crippen LogP contribution in [-0.4, -0.2) is 26.1 Å². The first-order valence-corrected chi connectivity index (χ1v) is 7.31. The van der Waals surface area contributed by atoms with Gasteiger partial charge in [-0.2, -0.15) is 10.2 Å². The van der Waals surface area contributed by atoms with Crippen LogP contribution in [0, 0.1) is 6.92 Å². The van der Waals surface area contributed by atoms with Crippen molar-refractivity contribution in [2.45, 2.75) is 33.4 Å². The molecule has 0 aliphatic carbocycles. The first-order valence-electron chi connectivity index (χ1n) is 6.51. The van der Waals surface area contributed by atoms with E-state index in [-0.39, 0.29) is 0 Å². The highest BCUT2D eigenvalue weighted by molar-refractivity contribution is 9.10. The minimum Gasteiger partial charge on any atom is -0.309 e. The summed E-state index contributed by atoms with van der Waals surface area (Å²) in [4.78, 5) is 0. The molecular formula is C13H20BrN5. The van der Waals surface area contributed by atoms with E-state index in [4.69, 9.17) is 0 Å². The Morgan fingerprint density at radius 1 is 1.42 bits per heavy atom. The second kappa shape index (κ2) is 6.34. The maximum Gasteiger partial charge on any atom is 0.0767 e. The second-order valence-electron chi connectivity index (χ2n) is 4.64. The molecule has 19 heavy (non-hydrogen) atoms. The highest BCUT2D eigenvalue weighted by atomic mass is 79.9. The largest absolute Gasteiger partial charge is 0.309 e. The molecule has 0 aliphatic heterocycles. The van der Waals surface area contributed by atoms with Crippen molar-refractivity contribution in [1.29, 1.82) is 0 Å². The number of halogens is 1. The SMILES string of the molecule is CCc1nn(C)c(CNCCn2cc(C)cn2)c1Br. The zero-order valence-corrected chi connectivity index (χ0v) is 13.2. The molecule has 0 fully saturated rings. The molecular weight excluding hydrogens is 306 g/mol. The van der Waals surface area contributed by atoms with Gasteiger partial charge in [0.2, 0.25) is 0 Å². The molecule has 0 spiro atoms. The third kappa shape index (κ3) is 3.45. The van der Waals surface area contributed by atoms with Crippen molar-refractivity contribution in [3.63, 3.8) is 0 Å². The van der Waals surface area contributed by atoms with Crippen LogP contribution in [0.3, 0.4) is 0 Å². The van der Waals surface area contributed by atoms with E-state index in [9.17, 15) is 0 Å². The predicted octanol–water partition coefficient (Wildman–Crippen LogP) is 2.04. The van der Waals surface area contributed by atoms with E-state index in [1.165, 1.54) is 11.3 Å². The normalized spacial score (nSPS) is 11.2. The molecule has 0 amide bonds. The van der Waals surface area contributed by atoms with E-state index in [2.05, 4.69) is 51.5 Å². The van der Waals surface area contributed by atoms with Crippen LogP contribution in [0.1, 0.15) is 23.9 Å². The molecule has 6 heteroatoms. The highest BCUT2D eigenvalue weighted by Gasteiger charge is 2.11. The Morgan fingerprint density at radius 2 is 2.21 bits per heavy atom. The van der Waals surface area contributed by atoms with Gasteiger partial charge < -0.3 is 5.32 Å². The molecule has 0 bridgehead atoms. The first kappa shape index (κ1) is 14.3. The Labute approximate surface area is 122 Å².